The molecule has 14 heteroatoms. The lowest BCUT2D eigenvalue weighted by molar-refractivity contribution is -0.147. The molecule has 0 heterocycles. The lowest BCUT2D eigenvalue weighted by Crippen LogP contribution is -2.24. The summed E-state index contributed by atoms with van der Waals surface area (Å²) < 4.78 is 86.9. The Kier molecular flexibility index (Phi) is 14.2. The highest BCUT2D eigenvalue weighted by molar-refractivity contribution is 9.10. The molecular formula is C19H21BrF5NO5PS+. The Morgan fingerprint density at radius 2 is 1.55 bits per heavy atom. The van der Waals surface area contributed by atoms with Crippen LogP contribution in [0.3, 0.4) is 0 Å². The van der Waals surface area contributed by atoms with Gasteiger partial charge in [0.25, 0.3) is 5.75 Å². The molecule has 2 N–H and O–H groups in total. The molecule has 0 aliphatic heterocycles. The molecule has 0 aromatic heterocycles. The molecule has 0 radical (unpaired) electrons. The zero-order valence-corrected chi connectivity index (χ0v) is 20.8. The number of carbonyl (C=O) groups is 1. The summed E-state index contributed by atoms with van der Waals surface area (Å²) in [6.07, 6.45) is 0.969. The van der Waals surface area contributed by atoms with Crippen molar-refractivity contribution in [1.29, 1.82) is 0 Å². The molecule has 0 aliphatic carbocycles. The molecule has 0 amide bonds. The summed E-state index contributed by atoms with van der Waals surface area (Å²) in [5, 5.41) is 10.7. The minimum atomic E-state index is -3.13. The van der Waals surface area contributed by atoms with Gasteiger partial charge in [-0.1, -0.05) is 34.4 Å². The van der Waals surface area contributed by atoms with Gasteiger partial charge < -0.3 is 9.84 Å². The smallest absolute Gasteiger partial charge is 0.508 e. The maximum atomic E-state index is 13.3. The summed E-state index contributed by atoms with van der Waals surface area (Å²) in [5.41, 5.74) is 0. The Balaban J connectivity index is 0.000000956. The van der Waals surface area contributed by atoms with Crippen LogP contribution in [-0.2, 0) is 14.1 Å². The van der Waals surface area contributed by atoms with Crippen LogP contribution in [-0.4, -0.2) is 23.7 Å². The Hall–Kier alpha value is -1.95. The first-order chi connectivity index (χ1) is 15.0. The monoisotopic (exact) mass is 580 g/mol. The fraction of sp³-hybridized carbons (Fsp3) is 0.316. The standard InChI is InChI=1S/C13H14F5NO4P.C6H5BrO.H2S/c1-3-4-6(2)22-7(20)5-19-24(21)23-13-11(17)9(15)8(14)10(16)12(13)18;7-5-1-3-6(8)4-2-5;/h6H,3-5H2,1-2H3,(H,19,21);1-4,8H;1H2/q+1;;. The van der Waals surface area contributed by atoms with Crippen molar-refractivity contribution in [3.05, 3.63) is 57.8 Å². The van der Waals surface area contributed by atoms with Crippen LogP contribution in [0.5, 0.6) is 11.5 Å². The highest BCUT2D eigenvalue weighted by atomic mass is 79.9. The van der Waals surface area contributed by atoms with Crippen LogP contribution in [0.1, 0.15) is 26.7 Å². The predicted octanol–water partition coefficient (Wildman–Crippen LogP) is 6.01. The van der Waals surface area contributed by atoms with Crippen LogP contribution in [0.25, 0.3) is 0 Å². The molecule has 0 saturated heterocycles. The summed E-state index contributed by atoms with van der Waals surface area (Å²) in [4.78, 5) is 11.4. The zero-order chi connectivity index (χ0) is 24.4. The molecule has 33 heavy (non-hydrogen) atoms. The first-order valence-corrected chi connectivity index (χ1v) is 11.0. The molecule has 0 fully saturated rings. The number of rotatable bonds is 8. The van der Waals surface area contributed by atoms with Gasteiger partial charge >= 0.3 is 14.1 Å². The first-order valence-electron chi connectivity index (χ1n) is 9.02. The normalized spacial score (nSPS) is 11.5. The van der Waals surface area contributed by atoms with E-state index in [1.807, 2.05) is 12.0 Å². The van der Waals surface area contributed by atoms with Gasteiger partial charge in [0.2, 0.25) is 29.1 Å². The minimum Gasteiger partial charge on any atom is -0.508 e. The molecule has 6 nitrogen and oxygen atoms in total. The van der Waals surface area contributed by atoms with E-state index in [0.717, 1.165) is 10.9 Å². The van der Waals surface area contributed by atoms with Crippen LogP contribution < -0.4 is 9.61 Å². The van der Waals surface area contributed by atoms with Gasteiger partial charge in [0.1, 0.15) is 12.3 Å². The van der Waals surface area contributed by atoms with Gasteiger partial charge in [-0.25, -0.2) is 17.7 Å². The number of hydrogen-bond acceptors (Lipinski definition) is 5. The third-order valence-corrected chi connectivity index (χ3v) is 4.84. The number of benzene rings is 2. The Labute approximate surface area is 203 Å². The number of halogens is 6. The van der Waals surface area contributed by atoms with Crippen molar-refractivity contribution >= 4 is 43.6 Å². The van der Waals surface area contributed by atoms with Crippen LogP contribution in [0.4, 0.5) is 22.0 Å². The lowest BCUT2D eigenvalue weighted by atomic mass is 10.2. The topological polar surface area (TPSA) is 84.9 Å². The molecule has 2 aromatic carbocycles. The average molecular weight is 581 g/mol. The zero-order valence-electron chi connectivity index (χ0n) is 17.3. The summed E-state index contributed by atoms with van der Waals surface area (Å²) in [5.74, 6) is -13.6. The molecule has 2 rings (SSSR count). The highest BCUT2D eigenvalue weighted by Gasteiger charge is 2.33. The highest BCUT2D eigenvalue weighted by Crippen LogP contribution is 2.33. The Bertz CT molecular complexity index is 905. The maximum Gasteiger partial charge on any atom is 0.664 e. The van der Waals surface area contributed by atoms with Crippen molar-refractivity contribution in [2.24, 2.45) is 0 Å². The average Bonchev–Trinajstić information content (AvgIpc) is 2.75. The number of ether oxygens (including phenoxy) is 1. The van der Waals surface area contributed by atoms with E-state index < -0.39 is 61.6 Å². The third kappa shape index (κ3) is 10.2. The minimum absolute atomic E-state index is 0. The second kappa shape index (κ2) is 15.0. The molecule has 0 bridgehead atoms. The summed E-state index contributed by atoms with van der Waals surface area (Å²) in [6.45, 7) is 2.86. The summed E-state index contributed by atoms with van der Waals surface area (Å²) in [7, 11) is -3.13. The second-order valence-corrected chi connectivity index (χ2v) is 8.08. The molecule has 0 spiro atoms. The van der Waals surface area contributed by atoms with Gasteiger partial charge in [-0.05, 0) is 37.6 Å². The van der Waals surface area contributed by atoms with Crippen molar-refractivity contribution in [3.8, 4) is 11.5 Å². The van der Waals surface area contributed by atoms with E-state index in [2.05, 4.69) is 20.5 Å². The number of esters is 1. The molecule has 2 atom stereocenters. The predicted molar refractivity (Wildman–Crippen MR) is 119 cm³/mol. The van der Waals surface area contributed by atoms with Crippen molar-refractivity contribution < 1.29 is 45.7 Å². The van der Waals surface area contributed by atoms with Crippen LogP contribution in [0.15, 0.2) is 28.7 Å². The lowest BCUT2D eigenvalue weighted by Gasteiger charge is -2.10. The number of aromatic hydroxyl groups is 1. The first kappa shape index (κ1) is 31.0. The molecule has 0 saturated carbocycles. The van der Waals surface area contributed by atoms with Crippen molar-refractivity contribution in [3.63, 3.8) is 0 Å². The molecule has 2 unspecified atom stereocenters. The van der Waals surface area contributed by atoms with Gasteiger partial charge in [-0.2, -0.15) is 22.3 Å². The Morgan fingerprint density at radius 1 is 1.06 bits per heavy atom. The molecule has 0 aliphatic rings. The summed E-state index contributed by atoms with van der Waals surface area (Å²) in [6, 6.07) is 6.83. The van der Waals surface area contributed by atoms with E-state index in [1.165, 1.54) is 0 Å². The Morgan fingerprint density at radius 3 is 2.00 bits per heavy atom. The van der Waals surface area contributed by atoms with E-state index in [0.29, 0.717) is 12.2 Å². The summed E-state index contributed by atoms with van der Waals surface area (Å²) >= 11 is 3.23. The van der Waals surface area contributed by atoms with E-state index in [9.17, 15) is 31.3 Å². The third-order valence-electron chi connectivity index (χ3n) is 3.55. The van der Waals surface area contributed by atoms with E-state index in [-0.39, 0.29) is 13.5 Å². The number of phenolic OH excluding ortho intramolecular Hbond substituents is 1. The second-order valence-electron chi connectivity index (χ2n) is 6.15. The molecule has 2 aromatic rings. The van der Waals surface area contributed by atoms with Crippen molar-refractivity contribution in [2.75, 3.05) is 6.54 Å². The van der Waals surface area contributed by atoms with E-state index in [4.69, 9.17) is 9.84 Å². The number of phenols is 1. The van der Waals surface area contributed by atoms with Gasteiger partial charge in [-0.3, -0.25) is 4.79 Å². The SMILES string of the molecule is CCCC(C)OC(=O)CN[P+](=O)Oc1c(F)c(F)c(F)c(F)c1F.Oc1ccc(Br)cc1.S. The van der Waals surface area contributed by atoms with Crippen molar-refractivity contribution in [1.82, 2.24) is 5.09 Å². The quantitative estimate of drug-likeness (QED) is 0.131. The van der Waals surface area contributed by atoms with Gasteiger partial charge in [0.15, 0.2) is 0 Å². The van der Waals surface area contributed by atoms with E-state index in [1.54, 1.807) is 31.2 Å². The number of nitrogens with one attached hydrogen (secondary N) is 1. The van der Waals surface area contributed by atoms with Gasteiger partial charge in [-0.15, -0.1) is 0 Å². The van der Waals surface area contributed by atoms with Crippen LogP contribution in [0, 0.1) is 29.1 Å². The maximum absolute atomic E-state index is 13.3. The van der Waals surface area contributed by atoms with Gasteiger partial charge in [0.05, 0.1) is 6.10 Å². The van der Waals surface area contributed by atoms with Crippen LogP contribution in [0.2, 0.25) is 0 Å². The number of hydrogen-bond donors (Lipinski definition) is 2. The largest absolute Gasteiger partial charge is 0.664 e. The fourth-order valence-corrected chi connectivity index (χ4v) is 2.99. The fourth-order valence-electron chi connectivity index (χ4n) is 2.08. The number of carbonyl (C=O) groups excluding carboxylic acids is 1. The molecule has 184 valence electrons. The van der Waals surface area contributed by atoms with E-state index >= 15 is 0 Å². The van der Waals surface area contributed by atoms with Crippen molar-refractivity contribution in [2.45, 2.75) is 32.8 Å². The molecular weight excluding hydrogens is 560 g/mol. The van der Waals surface area contributed by atoms with Crippen LogP contribution >= 0.6 is 37.6 Å². The van der Waals surface area contributed by atoms with Gasteiger partial charge in [0, 0.05) is 9.04 Å².